The Morgan fingerprint density at radius 1 is 1.16 bits per heavy atom. The van der Waals surface area contributed by atoms with E-state index in [1.165, 1.54) is 31.7 Å². The third-order valence-corrected chi connectivity index (χ3v) is 4.75. The summed E-state index contributed by atoms with van der Waals surface area (Å²) < 4.78 is 13.6. The number of aliphatic hydroxyl groups is 1. The van der Waals surface area contributed by atoms with Crippen molar-refractivity contribution >= 4 is 0 Å². The van der Waals surface area contributed by atoms with Crippen LogP contribution in [0.4, 0.5) is 4.39 Å². The van der Waals surface area contributed by atoms with Gasteiger partial charge in [0, 0.05) is 25.2 Å². The Kier molecular flexibility index (Phi) is 3.85. The Morgan fingerprint density at radius 2 is 1.79 bits per heavy atom. The van der Waals surface area contributed by atoms with E-state index >= 15 is 0 Å². The minimum Gasteiger partial charge on any atom is -0.387 e. The quantitative estimate of drug-likeness (QED) is 0.906. The molecule has 1 aliphatic carbocycles. The average Bonchev–Trinajstić information content (AvgIpc) is 2.81. The van der Waals surface area contributed by atoms with Crippen molar-refractivity contribution < 1.29 is 9.50 Å². The number of likely N-dealkylation sites (tertiary alicyclic amines) is 1. The van der Waals surface area contributed by atoms with Crippen LogP contribution in [0.2, 0.25) is 0 Å². The first-order valence-corrected chi connectivity index (χ1v) is 7.39. The summed E-state index contributed by atoms with van der Waals surface area (Å²) in [4.78, 5) is 2.32. The molecule has 2 aliphatic rings. The first kappa shape index (κ1) is 13.1. The van der Waals surface area contributed by atoms with Crippen LogP contribution >= 0.6 is 0 Å². The van der Waals surface area contributed by atoms with Gasteiger partial charge in [-0.05, 0) is 30.7 Å². The maximum Gasteiger partial charge on any atom is 0.129 e. The van der Waals surface area contributed by atoms with Crippen molar-refractivity contribution in [2.45, 2.75) is 31.8 Å². The van der Waals surface area contributed by atoms with Gasteiger partial charge >= 0.3 is 0 Å². The van der Waals surface area contributed by atoms with Gasteiger partial charge in [-0.25, -0.2) is 4.39 Å². The fraction of sp³-hybridized carbons (Fsp3) is 0.625. The first-order chi connectivity index (χ1) is 9.24. The lowest BCUT2D eigenvalue weighted by Crippen LogP contribution is -2.27. The van der Waals surface area contributed by atoms with Gasteiger partial charge in [-0.2, -0.15) is 0 Å². The molecule has 0 radical (unpaired) electrons. The minimum atomic E-state index is -0.707. The molecular formula is C16H22FNO. The van der Waals surface area contributed by atoms with Crippen LogP contribution in [-0.4, -0.2) is 29.6 Å². The molecule has 0 amide bonds. The molecule has 1 aromatic carbocycles. The summed E-state index contributed by atoms with van der Waals surface area (Å²) in [6.07, 6.45) is 4.66. The zero-order valence-electron chi connectivity index (χ0n) is 11.3. The van der Waals surface area contributed by atoms with E-state index in [2.05, 4.69) is 4.90 Å². The van der Waals surface area contributed by atoms with Crippen LogP contribution in [0.15, 0.2) is 24.3 Å². The van der Waals surface area contributed by atoms with Crippen molar-refractivity contribution in [1.82, 2.24) is 4.90 Å². The van der Waals surface area contributed by atoms with Gasteiger partial charge in [-0.3, -0.25) is 4.90 Å². The molecule has 1 saturated carbocycles. The van der Waals surface area contributed by atoms with Crippen LogP contribution in [-0.2, 0) is 0 Å². The molecule has 1 aromatic rings. The molecule has 0 spiro atoms. The zero-order valence-corrected chi connectivity index (χ0v) is 11.3. The number of nitrogens with zero attached hydrogens (tertiary/aromatic N) is 1. The van der Waals surface area contributed by atoms with Crippen LogP contribution in [0.3, 0.4) is 0 Å². The van der Waals surface area contributed by atoms with E-state index < -0.39 is 6.10 Å². The highest BCUT2D eigenvalue weighted by Crippen LogP contribution is 2.36. The van der Waals surface area contributed by atoms with Crippen LogP contribution in [0.25, 0.3) is 0 Å². The van der Waals surface area contributed by atoms with Gasteiger partial charge in [0.1, 0.15) is 5.82 Å². The number of fused-ring (bicyclic) bond motifs is 1. The van der Waals surface area contributed by atoms with Crippen LogP contribution in [0, 0.1) is 17.7 Å². The number of hydrogen-bond donors (Lipinski definition) is 1. The molecule has 3 rings (SSSR count). The molecule has 3 heteroatoms. The van der Waals surface area contributed by atoms with Gasteiger partial charge in [-0.15, -0.1) is 0 Å². The molecule has 104 valence electrons. The fourth-order valence-corrected chi connectivity index (χ4v) is 3.74. The molecule has 1 heterocycles. The molecule has 3 atom stereocenters. The number of halogens is 1. The van der Waals surface area contributed by atoms with Crippen molar-refractivity contribution in [3.8, 4) is 0 Å². The van der Waals surface area contributed by atoms with E-state index in [9.17, 15) is 9.50 Å². The summed E-state index contributed by atoms with van der Waals surface area (Å²) in [5.41, 5.74) is 0.428. The van der Waals surface area contributed by atoms with Crippen molar-refractivity contribution in [3.05, 3.63) is 35.6 Å². The fourth-order valence-electron chi connectivity index (χ4n) is 3.74. The lowest BCUT2D eigenvalue weighted by atomic mass is 9.82. The number of hydrogen-bond acceptors (Lipinski definition) is 2. The zero-order chi connectivity index (χ0) is 13.2. The Labute approximate surface area is 114 Å². The predicted molar refractivity (Wildman–Crippen MR) is 73.2 cm³/mol. The highest BCUT2D eigenvalue weighted by molar-refractivity contribution is 5.20. The largest absolute Gasteiger partial charge is 0.387 e. The molecule has 2 nitrogen and oxygen atoms in total. The van der Waals surface area contributed by atoms with E-state index in [4.69, 9.17) is 0 Å². The Hall–Kier alpha value is -0.930. The van der Waals surface area contributed by atoms with Gasteiger partial charge in [0.05, 0.1) is 6.10 Å². The molecule has 2 fully saturated rings. The predicted octanol–water partition coefficient (Wildman–Crippen LogP) is 2.98. The first-order valence-electron chi connectivity index (χ1n) is 7.39. The second kappa shape index (κ2) is 5.59. The summed E-state index contributed by atoms with van der Waals surface area (Å²) in [5.74, 6) is 1.31. The van der Waals surface area contributed by atoms with E-state index in [0.29, 0.717) is 12.1 Å². The van der Waals surface area contributed by atoms with E-state index in [0.717, 1.165) is 24.9 Å². The topological polar surface area (TPSA) is 23.5 Å². The lowest BCUT2D eigenvalue weighted by Gasteiger charge is -2.23. The summed E-state index contributed by atoms with van der Waals surface area (Å²) in [5, 5.41) is 10.2. The van der Waals surface area contributed by atoms with E-state index in [1.807, 2.05) is 0 Å². The maximum atomic E-state index is 13.6. The molecule has 3 unspecified atom stereocenters. The Balaban J connectivity index is 1.61. The highest BCUT2D eigenvalue weighted by Gasteiger charge is 2.35. The number of benzene rings is 1. The van der Waals surface area contributed by atoms with Gasteiger partial charge in [0.15, 0.2) is 0 Å². The van der Waals surface area contributed by atoms with Crippen molar-refractivity contribution in [2.24, 2.45) is 11.8 Å². The molecule has 1 saturated heterocycles. The number of aliphatic hydroxyl groups excluding tert-OH is 1. The van der Waals surface area contributed by atoms with Crippen molar-refractivity contribution in [2.75, 3.05) is 19.6 Å². The normalized spacial score (nSPS) is 29.2. The average molecular weight is 263 g/mol. The molecular weight excluding hydrogens is 241 g/mol. The second-order valence-corrected chi connectivity index (χ2v) is 6.06. The molecule has 0 bridgehead atoms. The summed E-state index contributed by atoms with van der Waals surface area (Å²) in [6, 6.07) is 6.55. The lowest BCUT2D eigenvalue weighted by molar-refractivity contribution is 0.120. The molecule has 0 aromatic heterocycles. The molecule has 19 heavy (non-hydrogen) atoms. The third kappa shape index (κ3) is 2.82. The Bertz CT molecular complexity index is 423. The van der Waals surface area contributed by atoms with Crippen LogP contribution in [0.1, 0.15) is 37.4 Å². The van der Waals surface area contributed by atoms with Crippen molar-refractivity contribution in [1.29, 1.82) is 0 Å². The van der Waals surface area contributed by atoms with Gasteiger partial charge in [0.2, 0.25) is 0 Å². The standard InChI is InChI=1S/C16H22FNO/c17-15-8-4-3-7-14(15)16(19)11-18-9-12-5-1-2-6-13(12)10-18/h3-4,7-8,12-13,16,19H,1-2,5-6,9-11H2. The third-order valence-electron chi connectivity index (χ3n) is 4.75. The van der Waals surface area contributed by atoms with Gasteiger partial charge in [0.25, 0.3) is 0 Å². The Morgan fingerprint density at radius 3 is 2.42 bits per heavy atom. The van der Waals surface area contributed by atoms with Crippen LogP contribution < -0.4 is 0 Å². The number of rotatable bonds is 3. The second-order valence-electron chi connectivity index (χ2n) is 6.06. The van der Waals surface area contributed by atoms with Gasteiger partial charge in [-0.1, -0.05) is 31.0 Å². The van der Waals surface area contributed by atoms with Crippen molar-refractivity contribution in [3.63, 3.8) is 0 Å². The number of β-amino-alcohol motifs (C(OH)–C–C–N with tert-alkyl or cyclic N) is 1. The molecule has 1 aliphatic heterocycles. The maximum absolute atomic E-state index is 13.6. The summed E-state index contributed by atoms with van der Waals surface area (Å²) in [7, 11) is 0. The monoisotopic (exact) mass is 263 g/mol. The summed E-state index contributed by atoms with van der Waals surface area (Å²) >= 11 is 0. The summed E-state index contributed by atoms with van der Waals surface area (Å²) in [6.45, 7) is 2.72. The highest BCUT2D eigenvalue weighted by atomic mass is 19.1. The molecule has 1 N–H and O–H groups in total. The van der Waals surface area contributed by atoms with Gasteiger partial charge < -0.3 is 5.11 Å². The smallest absolute Gasteiger partial charge is 0.129 e. The van der Waals surface area contributed by atoms with Crippen LogP contribution in [0.5, 0.6) is 0 Å². The van der Waals surface area contributed by atoms with E-state index in [1.54, 1.807) is 18.2 Å². The SMILES string of the molecule is OC(CN1CC2CCCCC2C1)c1ccccc1F. The minimum absolute atomic E-state index is 0.299. The van der Waals surface area contributed by atoms with E-state index in [-0.39, 0.29) is 5.82 Å².